The maximum Gasteiger partial charge on any atom is 0.241 e. The first-order valence-electron chi connectivity index (χ1n) is 7.83. The van der Waals surface area contributed by atoms with Crippen LogP contribution in [0.15, 0.2) is 59.5 Å². The SMILES string of the molecule is CCNC(=O)C(Cc1ccccc1)NS(=O)(=O)c1ccc(C)cc1. The number of amides is 1. The van der Waals surface area contributed by atoms with E-state index in [4.69, 9.17) is 0 Å². The third-order valence-corrected chi connectivity index (χ3v) is 5.07. The minimum absolute atomic E-state index is 0.149. The fourth-order valence-corrected chi connectivity index (χ4v) is 3.50. The van der Waals surface area contributed by atoms with Gasteiger partial charge in [0, 0.05) is 6.54 Å². The zero-order chi connectivity index (χ0) is 17.6. The molecule has 2 rings (SSSR count). The summed E-state index contributed by atoms with van der Waals surface area (Å²) in [6.07, 6.45) is 0.289. The number of hydrogen-bond acceptors (Lipinski definition) is 3. The van der Waals surface area contributed by atoms with E-state index >= 15 is 0 Å². The number of likely N-dealkylation sites (N-methyl/N-ethyl adjacent to an activating group) is 1. The summed E-state index contributed by atoms with van der Waals surface area (Å²) in [5.74, 6) is -0.336. The fourth-order valence-electron chi connectivity index (χ4n) is 2.31. The highest BCUT2D eigenvalue weighted by atomic mass is 32.2. The van der Waals surface area contributed by atoms with E-state index in [1.807, 2.05) is 37.3 Å². The molecule has 6 heteroatoms. The quantitative estimate of drug-likeness (QED) is 0.805. The molecule has 0 saturated heterocycles. The van der Waals surface area contributed by atoms with Gasteiger partial charge in [0.2, 0.25) is 15.9 Å². The van der Waals surface area contributed by atoms with Crippen molar-refractivity contribution in [2.24, 2.45) is 0 Å². The molecule has 0 aliphatic carbocycles. The van der Waals surface area contributed by atoms with E-state index in [1.165, 1.54) is 12.1 Å². The number of carbonyl (C=O) groups excluding carboxylic acids is 1. The average molecular weight is 346 g/mol. The summed E-state index contributed by atoms with van der Waals surface area (Å²) >= 11 is 0. The Morgan fingerprint density at radius 1 is 1.04 bits per heavy atom. The lowest BCUT2D eigenvalue weighted by Crippen LogP contribution is -2.47. The molecule has 1 atom stereocenters. The minimum atomic E-state index is -3.77. The molecule has 5 nitrogen and oxygen atoms in total. The second kappa shape index (κ2) is 8.08. The summed E-state index contributed by atoms with van der Waals surface area (Å²) in [7, 11) is -3.77. The van der Waals surface area contributed by atoms with Crippen LogP contribution in [-0.2, 0) is 21.2 Å². The first kappa shape index (κ1) is 18.2. The van der Waals surface area contributed by atoms with Crippen molar-refractivity contribution in [1.82, 2.24) is 10.0 Å². The van der Waals surface area contributed by atoms with Gasteiger partial charge in [-0.15, -0.1) is 0 Å². The highest BCUT2D eigenvalue weighted by Gasteiger charge is 2.25. The molecule has 2 aromatic rings. The molecule has 0 aromatic heterocycles. The van der Waals surface area contributed by atoms with Crippen molar-refractivity contribution >= 4 is 15.9 Å². The van der Waals surface area contributed by atoms with Crippen LogP contribution >= 0.6 is 0 Å². The summed E-state index contributed by atoms with van der Waals surface area (Å²) in [5.41, 5.74) is 1.86. The smallest absolute Gasteiger partial charge is 0.241 e. The van der Waals surface area contributed by atoms with Crippen LogP contribution in [0.2, 0.25) is 0 Å². The molecule has 0 fully saturated rings. The average Bonchev–Trinajstić information content (AvgIpc) is 2.55. The Bertz CT molecular complexity index is 772. The maximum absolute atomic E-state index is 12.6. The minimum Gasteiger partial charge on any atom is -0.355 e. The molecule has 0 radical (unpaired) electrons. The Morgan fingerprint density at radius 3 is 2.25 bits per heavy atom. The molecular weight excluding hydrogens is 324 g/mol. The molecular formula is C18H22N2O3S. The van der Waals surface area contributed by atoms with Crippen LogP contribution in [0, 0.1) is 6.92 Å². The molecule has 0 spiro atoms. The molecule has 24 heavy (non-hydrogen) atoms. The lowest BCUT2D eigenvalue weighted by Gasteiger charge is -2.18. The summed E-state index contributed by atoms with van der Waals surface area (Å²) in [6.45, 7) is 4.12. The van der Waals surface area contributed by atoms with Gasteiger partial charge in [-0.3, -0.25) is 4.79 Å². The number of sulfonamides is 1. The number of aryl methyl sites for hydroxylation is 1. The Morgan fingerprint density at radius 2 is 1.67 bits per heavy atom. The van der Waals surface area contributed by atoms with Crippen LogP contribution in [-0.4, -0.2) is 26.9 Å². The van der Waals surface area contributed by atoms with E-state index in [0.29, 0.717) is 6.54 Å². The zero-order valence-electron chi connectivity index (χ0n) is 13.8. The number of nitrogens with one attached hydrogen (secondary N) is 2. The molecule has 1 amide bonds. The van der Waals surface area contributed by atoms with Gasteiger partial charge in [-0.25, -0.2) is 8.42 Å². The van der Waals surface area contributed by atoms with Crippen molar-refractivity contribution in [3.8, 4) is 0 Å². The number of benzene rings is 2. The Labute approximate surface area is 143 Å². The monoisotopic (exact) mass is 346 g/mol. The highest BCUT2D eigenvalue weighted by molar-refractivity contribution is 7.89. The van der Waals surface area contributed by atoms with E-state index in [0.717, 1.165) is 11.1 Å². The molecule has 2 aromatic carbocycles. The second-order valence-corrected chi connectivity index (χ2v) is 7.29. The largest absolute Gasteiger partial charge is 0.355 e. The Hall–Kier alpha value is -2.18. The van der Waals surface area contributed by atoms with Crippen LogP contribution in [0.25, 0.3) is 0 Å². The second-order valence-electron chi connectivity index (χ2n) is 5.57. The number of rotatable bonds is 7. The Balaban J connectivity index is 2.23. The van der Waals surface area contributed by atoms with E-state index in [9.17, 15) is 13.2 Å². The molecule has 1 unspecified atom stereocenters. The Kier molecular flexibility index (Phi) is 6.11. The van der Waals surface area contributed by atoms with Crippen molar-refractivity contribution in [3.63, 3.8) is 0 Å². The van der Waals surface area contributed by atoms with Crippen LogP contribution in [0.5, 0.6) is 0 Å². The van der Waals surface area contributed by atoms with Gasteiger partial charge in [-0.2, -0.15) is 4.72 Å². The molecule has 2 N–H and O–H groups in total. The molecule has 0 heterocycles. The van der Waals surface area contributed by atoms with Crippen molar-refractivity contribution in [2.75, 3.05) is 6.54 Å². The predicted molar refractivity (Wildman–Crippen MR) is 94.1 cm³/mol. The molecule has 0 bridgehead atoms. The third-order valence-electron chi connectivity index (χ3n) is 3.58. The normalized spacial score (nSPS) is 12.6. The molecule has 0 saturated carbocycles. The molecule has 0 aliphatic rings. The van der Waals surface area contributed by atoms with Gasteiger partial charge in [-0.05, 0) is 38.0 Å². The summed E-state index contributed by atoms with van der Waals surface area (Å²) < 4.78 is 27.6. The first-order valence-corrected chi connectivity index (χ1v) is 9.31. The summed E-state index contributed by atoms with van der Waals surface area (Å²) in [5, 5.41) is 2.68. The number of carbonyl (C=O) groups is 1. The van der Waals surface area contributed by atoms with E-state index in [1.54, 1.807) is 19.1 Å². The van der Waals surface area contributed by atoms with Crippen molar-refractivity contribution < 1.29 is 13.2 Å². The van der Waals surface area contributed by atoms with Gasteiger partial charge in [0.15, 0.2) is 0 Å². The van der Waals surface area contributed by atoms with Crippen LogP contribution in [0.1, 0.15) is 18.1 Å². The van der Waals surface area contributed by atoms with E-state index < -0.39 is 16.1 Å². The topological polar surface area (TPSA) is 75.3 Å². The van der Waals surface area contributed by atoms with Gasteiger partial charge >= 0.3 is 0 Å². The lowest BCUT2D eigenvalue weighted by atomic mass is 10.1. The van der Waals surface area contributed by atoms with Crippen LogP contribution < -0.4 is 10.0 Å². The first-order chi connectivity index (χ1) is 11.4. The van der Waals surface area contributed by atoms with Crippen LogP contribution in [0.3, 0.4) is 0 Å². The van der Waals surface area contributed by atoms with Crippen molar-refractivity contribution in [3.05, 3.63) is 65.7 Å². The van der Waals surface area contributed by atoms with Gasteiger partial charge < -0.3 is 5.32 Å². The van der Waals surface area contributed by atoms with Crippen LogP contribution in [0.4, 0.5) is 0 Å². The van der Waals surface area contributed by atoms with Gasteiger partial charge in [0.25, 0.3) is 0 Å². The standard InChI is InChI=1S/C18H22N2O3S/c1-3-19-18(21)17(13-15-7-5-4-6-8-15)20-24(22,23)16-11-9-14(2)10-12-16/h4-12,17,20H,3,13H2,1-2H3,(H,19,21). The lowest BCUT2D eigenvalue weighted by molar-refractivity contribution is -0.122. The van der Waals surface area contributed by atoms with Gasteiger partial charge in [0.1, 0.15) is 6.04 Å². The van der Waals surface area contributed by atoms with E-state index in [2.05, 4.69) is 10.0 Å². The molecule has 0 aliphatic heterocycles. The number of hydrogen-bond donors (Lipinski definition) is 2. The van der Waals surface area contributed by atoms with Gasteiger partial charge in [-0.1, -0.05) is 48.0 Å². The molecule has 128 valence electrons. The maximum atomic E-state index is 12.6. The predicted octanol–water partition coefficient (Wildman–Crippen LogP) is 2.02. The van der Waals surface area contributed by atoms with Gasteiger partial charge in [0.05, 0.1) is 4.90 Å². The highest BCUT2D eigenvalue weighted by Crippen LogP contribution is 2.12. The fraction of sp³-hybridized carbons (Fsp3) is 0.278. The van der Waals surface area contributed by atoms with E-state index in [-0.39, 0.29) is 17.2 Å². The van der Waals surface area contributed by atoms with Crippen molar-refractivity contribution in [2.45, 2.75) is 31.2 Å². The zero-order valence-corrected chi connectivity index (χ0v) is 14.6. The summed E-state index contributed by atoms with van der Waals surface area (Å²) in [6, 6.07) is 15.0. The van der Waals surface area contributed by atoms with Crippen molar-refractivity contribution in [1.29, 1.82) is 0 Å². The summed E-state index contributed by atoms with van der Waals surface area (Å²) in [4.78, 5) is 12.4. The third kappa shape index (κ3) is 4.91.